The molecule has 0 aliphatic rings. The Morgan fingerprint density at radius 3 is 2.57 bits per heavy atom. The Kier molecular flexibility index (Phi) is 3.47. The minimum atomic E-state index is 0.634. The second kappa shape index (κ2) is 5.29. The second-order valence-corrected chi connectivity index (χ2v) is 5.37. The molecule has 21 heavy (non-hydrogen) atoms. The van der Waals surface area contributed by atoms with E-state index in [-0.39, 0.29) is 0 Å². The van der Waals surface area contributed by atoms with E-state index in [1.807, 2.05) is 22.4 Å². The monoisotopic (exact) mass is 299 g/mol. The molecule has 3 aromatic rings. The Labute approximate surface area is 128 Å². The largest absolute Gasteiger partial charge is 0.300 e. The predicted molar refractivity (Wildman–Crippen MR) is 85.1 cm³/mol. The number of aromatic nitrogens is 5. The minimum Gasteiger partial charge on any atom is -0.300 e. The summed E-state index contributed by atoms with van der Waals surface area (Å²) >= 11 is 5.25. The maximum absolute atomic E-state index is 5.25. The van der Waals surface area contributed by atoms with Gasteiger partial charge < -0.3 is 4.57 Å². The summed E-state index contributed by atoms with van der Waals surface area (Å²) in [4.78, 5) is 0. The van der Waals surface area contributed by atoms with Gasteiger partial charge in [0.25, 0.3) is 0 Å². The van der Waals surface area contributed by atoms with Crippen molar-refractivity contribution < 1.29 is 0 Å². The highest BCUT2D eigenvalue weighted by Gasteiger charge is 2.15. The van der Waals surface area contributed by atoms with Crippen molar-refractivity contribution in [1.29, 1.82) is 0 Å². The molecule has 0 spiro atoms. The number of aryl methyl sites for hydroxylation is 1. The summed E-state index contributed by atoms with van der Waals surface area (Å²) in [6.07, 6.45) is 1.84. The van der Waals surface area contributed by atoms with Gasteiger partial charge in [-0.15, -0.1) is 0 Å². The Morgan fingerprint density at radius 2 is 1.90 bits per heavy atom. The van der Waals surface area contributed by atoms with Crippen LogP contribution >= 0.6 is 12.2 Å². The number of benzene rings is 1. The van der Waals surface area contributed by atoms with Crippen LogP contribution < -0.4 is 0 Å². The van der Waals surface area contributed by atoms with E-state index in [1.165, 1.54) is 5.56 Å². The van der Waals surface area contributed by atoms with E-state index in [0.717, 1.165) is 29.3 Å². The third-order valence-electron chi connectivity index (χ3n) is 3.60. The fourth-order valence-electron chi connectivity index (χ4n) is 2.39. The molecule has 2 heterocycles. The van der Waals surface area contributed by atoms with Crippen molar-refractivity contribution in [3.63, 3.8) is 0 Å². The molecule has 0 aliphatic heterocycles. The molecular formula is C15H17N5S. The molecule has 0 atom stereocenters. The zero-order valence-corrected chi connectivity index (χ0v) is 13.1. The number of nitrogens with one attached hydrogen (secondary N) is 1. The van der Waals surface area contributed by atoms with Crippen LogP contribution in [0.3, 0.4) is 0 Å². The maximum Gasteiger partial charge on any atom is 0.195 e. The lowest BCUT2D eigenvalue weighted by Crippen LogP contribution is -2.01. The molecule has 2 aromatic heterocycles. The van der Waals surface area contributed by atoms with Gasteiger partial charge in [0.2, 0.25) is 0 Å². The highest BCUT2D eigenvalue weighted by molar-refractivity contribution is 7.71. The SMILES string of the molecule is CCn1c(-c2cnn(-c3ccc(C)cc3)c2C)n[nH]c1=S. The van der Waals surface area contributed by atoms with Crippen molar-refractivity contribution in [1.82, 2.24) is 24.5 Å². The zero-order valence-electron chi connectivity index (χ0n) is 12.3. The smallest absolute Gasteiger partial charge is 0.195 e. The Hall–Kier alpha value is -2.21. The first-order chi connectivity index (χ1) is 10.1. The van der Waals surface area contributed by atoms with Gasteiger partial charge in [-0.25, -0.2) is 4.68 Å². The first-order valence-corrected chi connectivity index (χ1v) is 7.30. The second-order valence-electron chi connectivity index (χ2n) is 4.99. The molecule has 0 bridgehead atoms. The van der Waals surface area contributed by atoms with E-state index >= 15 is 0 Å². The summed E-state index contributed by atoms with van der Waals surface area (Å²) in [6.45, 7) is 6.94. The van der Waals surface area contributed by atoms with Gasteiger partial charge >= 0.3 is 0 Å². The fourth-order valence-corrected chi connectivity index (χ4v) is 2.65. The quantitative estimate of drug-likeness (QED) is 0.754. The molecule has 0 fully saturated rings. The number of hydrogen-bond acceptors (Lipinski definition) is 3. The van der Waals surface area contributed by atoms with Crippen LogP contribution in [-0.4, -0.2) is 24.5 Å². The van der Waals surface area contributed by atoms with Crippen molar-refractivity contribution in [2.24, 2.45) is 0 Å². The van der Waals surface area contributed by atoms with Gasteiger partial charge in [-0.1, -0.05) is 17.7 Å². The molecule has 6 heteroatoms. The number of hydrogen-bond donors (Lipinski definition) is 1. The molecule has 0 amide bonds. The molecular weight excluding hydrogens is 282 g/mol. The van der Waals surface area contributed by atoms with Crippen molar-refractivity contribution >= 4 is 12.2 Å². The van der Waals surface area contributed by atoms with Gasteiger partial charge in [-0.3, -0.25) is 5.10 Å². The summed E-state index contributed by atoms with van der Waals surface area (Å²) in [6, 6.07) is 8.29. The van der Waals surface area contributed by atoms with Crippen molar-refractivity contribution in [3.8, 4) is 17.1 Å². The topological polar surface area (TPSA) is 51.4 Å². The Balaban J connectivity index is 2.11. The van der Waals surface area contributed by atoms with Gasteiger partial charge in [0.1, 0.15) is 0 Å². The zero-order chi connectivity index (χ0) is 15.0. The fraction of sp³-hybridized carbons (Fsp3) is 0.267. The summed E-state index contributed by atoms with van der Waals surface area (Å²) in [7, 11) is 0. The van der Waals surface area contributed by atoms with E-state index < -0.39 is 0 Å². The highest BCUT2D eigenvalue weighted by atomic mass is 32.1. The standard InChI is InChI=1S/C15H17N5S/c1-4-19-14(17-18-15(19)21)13-9-16-20(11(13)3)12-7-5-10(2)6-8-12/h5-9H,4H2,1-3H3,(H,18,21). The minimum absolute atomic E-state index is 0.634. The number of H-pyrrole nitrogens is 1. The first-order valence-electron chi connectivity index (χ1n) is 6.89. The summed E-state index contributed by atoms with van der Waals surface area (Å²) in [5, 5.41) is 11.7. The molecule has 0 saturated heterocycles. The molecule has 0 radical (unpaired) electrons. The van der Waals surface area contributed by atoms with Gasteiger partial charge in [0.05, 0.1) is 23.1 Å². The van der Waals surface area contributed by atoms with E-state index in [1.54, 1.807) is 0 Å². The highest BCUT2D eigenvalue weighted by Crippen LogP contribution is 2.23. The number of rotatable bonds is 3. The maximum atomic E-state index is 5.25. The summed E-state index contributed by atoms with van der Waals surface area (Å²) in [5.74, 6) is 0.832. The first kappa shape index (κ1) is 13.8. The van der Waals surface area contributed by atoms with E-state index in [2.05, 4.69) is 53.4 Å². The van der Waals surface area contributed by atoms with Crippen LogP contribution in [-0.2, 0) is 6.54 Å². The van der Waals surface area contributed by atoms with Crippen LogP contribution in [0.2, 0.25) is 0 Å². The molecule has 108 valence electrons. The van der Waals surface area contributed by atoms with Crippen LogP contribution in [0.1, 0.15) is 18.2 Å². The lowest BCUT2D eigenvalue weighted by Gasteiger charge is -2.06. The van der Waals surface area contributed by atoms with E-state index in [9.17, 15) is 0 Å². The van der Waals surface area contributed by atoms with Crippen LogP contribution in [0, 0.1) is 18.6 Å². The lowest BCUT2D eigenvalue weighted by molar-refractivity contribution is 0.755. The molecule has 0 aliphatic carbocycles. The van der Waals surface area contributed by atoms with Crippen molar-refractivity contribution in [2.75, 3.05) is 0 Å². The summed E-state index contributed by atoms with van der Waals surface area (Å²) < 4.78 is 4.53. The van der Waals surface area contributed by atoms with Crippen molar-refractivity contribution in [3.05, 3.63) is 46.5 Å². The average Bonchev–Trinajstić information content (AvgIpc) is 3.03. The van der Waals surface area contributed by atoms with Gasteiger partial charge in [0.15, 0.2) is 10.6 Å². The van der Waals surface area contributed by atoms with Gasteiger partial charge in [-0.2, -0.15) is 10.2 Å². The predicted octanol–water partition coefficient (Wildman–Crippen LogP) is 3.43. The van der Waals surface area contributed by atoms with Crippen LogP contribution in [0.5, 0.6) is 0 Å². The Morgan fingerprint density at radius 1 is 1.19 bits per heavy atom. The third kappa shape index (κ3) is 2.31. The lowest BCUT2D eigenvalue weighted by atomic mass is 10.2. The van der Waals surface area contributed by atoms with E-state index in [0.29, 0.717) is 4.77 Å². The molecule has 3 rings (SSSR count). The van der Waals surface area contributed by atoms with Crippen molar-refractivity contribution in [2.45, 2.75) is 27.3 Å². The van der Waals surface area contributed by atoms with E-state index in [4.69, 9.17) is 12.2 Å². The van der Waals surface area contributed by atoms with Gasteiger partial charge in [0, 0.05) is 6.54 Å². The summed E-state index contributed by atoms with van der Waals surface area (Å²) in [5.41, 5.74) is 4.31. The normalized spacial score (nSPS) is 11.0. The third-order valence-corrected chi connectivity index (χ3v) is 3.92. The van der Waals surface area contributed by atoms with Crippen LogP contribution in [0.4, 0.5) is 0 Å². The van der Waals surface area contributed by atoms with Gasteiger partial charge in [-0.05, 0) is 45.1 Å². The van der Waals surface area contributed by atoms with Crippen LogP contribution in [0.15, 0.2) is 30.5 Å². The Bertz CT molecular complexity index is 823. The number of nitrogens with zero attached hydrogens (tertiary/aromatic N) is 4. The molecule has 0 saturated carbocycles. The van der Waals surface area contributed by atoms with Crippen LogP contribution in [0.25, 0.3) is 17.1 Å². The molecule has 5 nitrogen and oxygen atoms in total. The molecule has 1 N–H and O–H groups in total. The molecule has 1 aromatic carbocycles. The number of aromatic amines is 1. The molecule has 0 unspecified atom stereocenters. The average molecular weight is 299 g/mol.